The van der Waals surface area contributed by atoms with Crippen LogP contribution in [0, 0.1) is 10.1 Å². The van der Waals surface area contributed by atoms with Crippen molar-refractivity contribution >= 4 is 29.0 Å². The van der Waals surface area contributed by atoms with Crippen LogP contribution < -0.4 is 4.90 Å². The lowest BCUT2D eigenvalue weighted by Gasteiger charge is -2.16. The lowest BCUT2D eigenvalue weighted by atomic mass is 10.1. The molecule has 9 heteroatoms. The zero-order valence-electron chi connectivity index (χ0n) is 12.5. The van der Waals surface area contributed by atoms with Crippen molar-refractivity contribution in [2.45, 2.75) is 24.9 Å². The van der Waals surface area contributed by atoms with Gasteiger partial charge in [0.05, 0.1) is 10.7 Å². The van der Waals surface area contributed by atoms with Gasteiger partial charge in [-0.15, -0.1) is 5.10 Å². The predicted molar refractivity (Wildman–Crippen MR) is 85.6 cm³/mol. The molecule has 1 aliphatic rings. The van der Waals surface area contributed by atoms with E-state index in [1.54, 1.807) is 17.0 Å². The first-order valence-electron chi connectivity index (χ1n) is 7.20. The number of fused-ring (bicyclic) bond motifs is 1. The third kappa shape index (κ3) is 3.19. The zero-order valence-corrected chi connectivity index (χ0v) is 13.3. The normalized spacial score (nSPS) is 13.2. The summed E-state index contributed by atoms with van der Waals surface area (Å²) in [6.45, 7) is 2.52. The number of nitro groups is 1. The van der Waals surface area contributed by atoms with Crippen molar-refractivity contribution in [3.05, 3.63) is 39.7 Å². The van der Waals surface area contributed by atoms with Gasteiger partial charge in [0.1, 0.15) is 5.82 Å². The van der Waals surface area contributed by atoms with Gasteiger partial charge in [0.2, 0.25) is 11.1 Å². The Bertz CT molecular complexity index is 761. The summed E-state index contributed by atoms with van der Waals surface area (Å²) >= 11 is 1.28. The zero-order chi connectivity index (χ0) is 16.4. The van der Waals surface area contributed by atoms with Crippen LogP contribution in [0.15, 0.2) is 23.4 Å². The van der Waals surface area contributed by atoms with Gasteiger partial charge >= 0.3 is 0 Å². The van der Waals surface area contributed by atoms with Gasteiger partial charge in [0.25, 0.3) is 5.69 Å². The van der Waals surface area contributed by atoms with Gasteiger partial charge < -0.3 is 4.90 Å². The standard InChI is InChI=1S/C14H15N5O3S/c1-2-12-15-14(17-16-12)23-8-13(20)18-6-5-9-7-10(19(21)22)3-4-11(9)18/h3-4,7H,2,5-6,8H2,1H3,(H,15,16,17). The van der Waals surface area contributed by atoms with Crippen LogP contribution in [0.1, 0.15) is 18.3 Å². The van der Waals surface area contributed by atoms with Gasteiger partial charge in [-0.25, -0.2) is 4.98 Å². The summed E-state index contributed by atoms with van der Waals surface area (Å²) in [6, 6.07) is 4.62. The van der Waals surface area contributed by atoms with Crippen molar-refractivity contribution in [2.24, 2.45) is 0 Å². The lowest BCUT2D eigenvalue weighted by molar-refractivity contribution is -0.384. The molecule has 0 radical (unpaired) electrons. The third-order valence-corrected chi connectivity index (χ3v) is 4.47. The fourth-order valence-corrected chi connectivity index (χ4v) is 3.16. The van der Waals surface area contributed by atoms with Crippen molar-refractivity contribution in [1.82, 2.24) is 15.2 Å². The number of anilines is 1. The summed E-state index contributed by atoms with van der Waals surface area (Å²) in [7, 11) is 0. The van der Waals surface area contributed by atoms with Gasteiger partial charge in [0.15, 0.2) is 0 Å². The Hall–Kier alpha value is -2.42. The van der Waals surface area contributed by atoms with Crippen molar-refractivity contribution in [3.63, 3.8) is 0 Å². The van der Waals surface area contributed by atoms with E-state index in [0.717, 1.165) is 23.5 Å². The molecule has 0 spiro atoms. The molecular formula is C14H15N5O3S. The number of thioether (sulfide) groups is 1. The number of nitrogens with zero attached hydrogens (tertiary/aromatic N) is 4. The number of H-pyrrole nitrogens is 1. The molecule has 0 saturated heterocycles. The molecule has 2 aromatic rings. The van der Waals surface area contributed by atoms with E-state index in [9.17, 15) is 14.9 Å². The summed E-state index contributed by atoms with van der Waals surface area (Å²) in [5.41, 5.74) is 1.65. The molecule has 1 aliphatic heterocycles. The molecule has 1 amide bonds. The van der Waals surface area contributed by atoms with Gasteiger partial charge in [-0.2, -0.15) is 0 Å². The molecule has 1 aromatic carbocycles. The maximum absolute atomic E-state index is 12.4. The van der Waals surface area contributed by atoms with E-state index in [1.165, 1.54) is 17.8 Å². The average Bonchev–Trinajstić information content (AvgIpc) is 3.18. The molecule has 0 unspecified atom stereocenters. The predicted octanol–water partition coefficient (Wildman–Crippen LogP) is 1.96. The van der Waals surface area contributed by atoms with E-state index in [2.05, 4.69) is 15.2 Å². The Kier molecular flexibility index (Phi) is 4.28. The van der Waals surface area contributed by atoms with E-state index >= 15 is 0 Å². The fraction of sp³-hybridized carbons (Fsp3) is 0.357. The van der Waals surface area contributed by atoms with Crippen molar-refractivity contribution in [2.75, 3.05) is 17.2 Å². The Morgan fingerprint density at radius 1 is 1.52 bits per heavy atom. The molecule has 1 aromatic heterocycles. The maximum atomic E-state index is 12.4. The monoisotopic (exact) mass is 333 g/mol. The second-order valence-electron chi connectivity index (χ2n) is 5.07. The molecule has 1 N–H and O–H groups in total. The number of aromatic nitrogens is 3. The molecule has 23 heavy (non-hydrogen) atoms. The van der Waals surface area contributed by atoms with Crippen LogP contribution in [-0.4, -0.2) is 38.3 Å². The van der Waals surface area contributed by atoms with Crippen molar-refractivity contribution in [3.8, 4) is 0 Å². The third-order valence-electron chi connectivity index (χ3n) is 3.64. The van der Waals surface area contributed by atoms with Gasteiger partial charge in [-0.05, 0) is 18.1 Å². The minimum absolute atomic E-state index is 0.0505. The number of aryl methyl sites for hydroxylation is 1. The van der Waals surface area contributed by atoms with Gasteiger partial charge in [-0.3, -0.25) is 20.0 Å². The van der Waals surface area contributed by atoms with Crippen LogP contribution >= 0.6 is 11.8 Å². The highest BCUT2D eigenvalue weighted by Crippen LogP contribution is 2.31. The largest absolute Gasteiger partial charge is 0.311 e. The smallest absolute Gasteiger partial charge is 0.269 e. The summed E-state index contributed by atoms with van der Waals surface area (Å²) in [5, 5.41) is 18.2. The van der Waals surface area contributed by atoms with Crippen LogP contribution in [0.5, 0.6) is 0 Å². The molecule has 0 aliphatic carbocycles. The van der Waals surface area contributed by atoms with Crippen LogP contribution in [-0.2, 0) is 17.6 Å². The minimum Gasteiger partial charge on any atom is -0.311 e. The van der Waals surface area contributed by atoms with E-state index in [1.807, 2.05) is 6.92 Å². The maximum Gasteiger partial charge on any atom is 0.269 e. The first-order valence-corrected chi connectivity index (χ1v) is 8.18. The van der Waals surface area contributed by atoms with E-state index in [4.69, 9.17) is 0 Å². The van der Waals surface area contributed by atoms with E-state index in [0.29, 0.717) is 18.1 Å². The van der Waals surface area contributed by atoms with Crippen LogP contribution in [0.3, 0.4) is 0 Å². The molecule has 8 nitrogen and oxygen atoms in total. The van der Waals surface area contributed by atoms with Crippen LogP contribution in [0.2, 0.25) is 0 Å². The van der Waals surface area contributed by atoms with Crippen molar-refractivity contribution < 1.29 is 9.72 Å². The number of hydrogen-bond donors (Lipinski definition) is 1. The number of amides is 1. The summed E-state index contributed by atoms with van der Waals surface area (Å²) in [4.78, 5) is 28.7. The number of carbonyl (C=O) groups is 1. The highest BCUT2D eigenvalue weighted by Gasteiger charge is 2.26. The molecule has 3 rings (SSSR count). The highest BCUT2D eigenvalue weighted by atomic mass is 32.2. The molecule has 0 atom stereocenters. The number of benzene rings is 1. The van der Waals surface area contributed by atoms with Gasteiger partial charge in [-0.1, -0.05) is 18.7 Å². The molecule has 0 saturated carbocycles. The Labute approximate surface area is 136 Å². The number of rotatable bonds is 5. The van der Waals surface area contributed by atoms with Crippen LogP contribution in [0.25, 0.3) is 0 Å². The molecule has 2 heterocycles. The molecule has 0 bridgehead atoms. The van der Waals surface area contributed by atoms with Crippen LogP contribution in [0.4, 0.5) is 11.4 Å². The Balaban J connectivity index is 1.67. The van der Waals surface area contributed by atoms with E-state index < -0.39 is 4.92 Å². The average molecular weight is 333 g/mol. The second kappa shape index (κ2) is 6.37. The number of carbonyl (C=O) groups excluding carboxylic acids is 1. The SMILES string of the molecule is CCc1nc(SCC(=O)N2CCc3cc([N+](=O)[O-])ccc32)n[nH]1. The quantitative estimate of drug-likeness (QED) is 0.509. The molecule has 0 fully saturated rings. The highest BCUT2D eigenvalue weighted by molar-refractivity contribution is 7.99. The minimum atomic E-state index is -0.421. The summed E-state index contributed by atoms with van der Waals surface area (Å²) in [6.07, 6.45) is 1.40. The van der Waals surface area contributed by atoms with E-state index in [-0.39, 0.29) is 17.3 Å². The molecular weight excluding hydrogens is 318 g/mol. The first kappa shape index (κ1) is 15.5. The topological polar surface area (TPSA) is 105 Å². The Morgan fingerprint density at radius 3 is 3.04 bits per heavy atom. The number of aromatic amines is 1. The number of nitrogens with one attached hydrogen (secondary N) is 1. The number of non-ortho nitro benzene ring substituents is 1. The number of hydrogen-bond acceptors (Lipinski definition) is 6. The van der Waals surface area contributed by atoms with Gasteiger partial charge in [0, 0.05) is 30.8 Å². The fourth-order valence-electron chi connectivity index (χ4n) is 2.47. The summed E-state index contributed by atoms with van der Waals surface area (Å²) in [5.74, 6) is 0.974. The van der Waals surface area contributed by atoms with Crippen molar-refractivity contribution in [1.29, 1.82) is 0 Å². The lowest BCUT2D eigenvalue weighted by Crippen LogP contribution is -2.30. The Morgan fingerprint density at radius 2 is 2.35 bits per heavy atom. The first-order chi connectivity index (χ1) is 11.1. The second-order valence-corrected chi connectivity index (χ2v) is 6.01. The summed E-state index contributed by atoms with van der Waals surface area (Å²) < 4.78 is 0. The number of nitro benzene ring substituents is 1. The molecule has 120 valence electrons.